The van der Waals surface area contributed by atoms with Gasteiger partial charge in [0.05, 0.1) is 6.20 Å². The number of nitrogens with zero attached hydrogens (tertiary/aromatic N) is 2. The summed E-state index contributed by atoms with van der Waals surface area (Å²) in [4.78, 5) is 0. The standard InChI is InChI=1S/C14H17N3O2S/c1-10-3-5-12-11(9-10)4-6-13(12)16-20(18,19)14-7-8-15-17(14)2/h3,5,7-9,13,16H,4,6H2,1-2H3. The molecule has 1 aromatic carbocycles. The molecule has 2 aromatic rings. The topological polar surface area (TPSA) is 64.0 Å². The summed E-state index contributed by atoms with van der Waals surface area (Å²) < 4.78 is 28.9. The van der Waals surface area contributed by atoms with Gasteiger partial charge in [-0.25, -0.2) is 13.1 Å². The molecule has 0 spiro atoms. The smallest absolute Gasteiger partial charge is 0.256 e. The summed E-state index contributed by atoms with van der Waals surface area (Å²) in [7, 11) is -1.91. The number of nitrogens with one attached hydrogen (secondary N) is 1. The summed E-state index contributed by atoms with van der Waals surface area (Å²) >= 11 is 0. The minimum Gasteiger partial charge on any atom is -0.256 e. The number of hydrogen-bond donors (Lipinski definition) is 1. The van der Waals surface area contributed by atoms with E-state index >= 15 is 0 Å². The summed E-state index contributed by atoms with van der Waals surface area (Å²) in [5.41, 5.74) is 3.53. The van der Waals surface area contributed by atoms with Gasteiger partial charge in [-0.1, -0.05) is 23.8 Å². The largest absolute Gasteiger partial charge is 0.258 e. The molecule has 3 rings (SSSR count). The molecule has 0 saturated carbocycles. The van der Waals surface area contributed by atoms with E-state index < -0.39 is 10.0 Å². The van der Waals surface area contributed by atoms with Crippen LogP contribution in [0.3, 0.4) is 0 Å². The van der Waals surface area contributed by atoms with Crippen LogP contribution in [0, 0.1) is 6.92 Å². The average Bonchev–Trinajstić information content (AvgIpc) is 2.96. The van der Waals surface area contributed by atoms with E-state index in [-0.39, 0.29) is 11.1 Å². The van der Waals surface area contributed by atoms with Gasteiger partial charge in [-0.05, 0) is 37.0 Å². The minimum atomic E-state index is -3.53. The number of sulfonamides is 1. The Morgan fingerprint density at radius 2 is 2.15 bits per heavy atom. The van der Waals surface area contributed by atoms with Gasteiger partial charge < -0.3 is 0 Å². The van der Waals surface area contributed by atoms with Crippen LogP contribution < -0.4 is 4.72 Å². The van der Waals surface area contributed by atoms with Crippen LogP contribution in [0.2, 0.25) is 0 Å². The van der Waals surface area contributed by atoms with Crippen molar-refractivity contribution in [2.24, 2.45) is 7.05 Å². The predicted molar refractivity (Wildman–Crippen MR) is 75.8 cm³/mol. The van der Waals surface area contributed by atoms with Gasteiger partial charge in [-0.2, -0.15) is 5.10 Å². The lowest BCUT2D eigenvalue weighted by Gasteiger charge is -2.14. The molecule has 0 bridgehead atoms. The van der Waals surface area contributed by atoms with Crippen LogP contribution in [0.15, 0.2) is 35.5 Å². The Labute approximate surface area is 118 Å². The zero-order chi connectivity index (χ0) is 14.3. The molecule has 1 N–H and O–H groups in total. The number of aryl methyl sites for hydroxylation is 3. The maximum Gasteiger partial charge on any atom is 0.258 e. The quantitative estimate of drug-likeness (QED) is 0.936. The molecule has 1 aliphatic rings. The van der Waals surface area contributed by atoms with Gasteiger partial charge in [0.2, 0.25) is 0 Å². The van der Waals surface area contributed by atoms with Gasteiger partial charge >= 0.3 is 0 Å². The van der Waals surface area contributed by atoms with Crippen LogP contribution in [0.25, 0.3) is 0 Å². The molecule has 20 heavy (non-hydrogen) atoms. The summed E-state index contributed by atoms with van der Waals surface area (Å²) in [6.07, 6.45) is 3.20. The first-order valence-corrected chi connectivity index (χ1v) is 8.05. The second-order valence-corrected chi connectivity index (χ2v) is 6.87. The monoisotopic (exact) mass is 291 g/mol. The van der Waals surface area contributed by atoms with Crippen LogP contribution in [-0.4, -0.2) is 18.2 Å². The summed E-state index contributed by atoms with van der Waals surface area (Å²) in [5.74, 6) is 0. The van der Waals surface area contributed by atoms with Gasteiger partial charge in [0, 0.05) is 13.1 Å². The average molecular weight is 291 g/mol. The van der Waals surface area contributed by atoms with E-state index in [9.17, 15) is 8.42 Å². The molecule has 0 saturated heterocycles. The second kappa shape index (κ2) is 4.71. The van der Waals surface area contributed by atoms with E-state index in [1.54, 1.807) is 7.05 Å². The Morgan fingerprint density at radius 3 is 2.85 bits per heavy atom. The fraction of sp³-hybridized carbons (Fsp3) is 0.357. The van der Waals surface area contributed by atoms with Crippen LogP contribution in [0.4, 0.5) is 0 Å². The molecule has 1 atom stereocenters. The molecule has 0 fully saturated rings. The number of hydrogen-bond acceptors (Lipinski definition) is 3. The molecular weight excluding hydrogens is 274 g/mol. The Kier molecular flexibility index (Phi) is 3.14. The van der Waals surface area contributed by atoms with Crippen LogP contribution in [0.1, 0.15) is 29.2 Å². The van der Waals surface area contributed by atoms with E-state index in [1.165, 1.54) is 28.1 Å². The van der Waals surface area contributed by atoms with E-state index in [0.717, 1.165) is 18.4 Å². The molecule has 5 nitrogen and oxygen atoms in total. The zero-order valence-electron chi connectivity index (χ0n) is 11.5. The molecule has 0 aliphatic heterocycles. The van der Waals surface area contributed by atoms with Crippen molar-refractivity contribution in [3.63, 3.8) is 0 Å². The summed E-state index contributed by atoms with van der Waals surface area (Å²) in [5, 5.41) is 4.10. The van der Waals surface area contributed by atoms with E-state index in [1.807, 2.05) is 19.1 Å². The Balaban J connectivity index is 1.89. The zero-order valence-corrected chi connectivity index (χ0v) is 12.3. The highest BCUT2D eigenvalue weighted by Crippen LogP contribution is 2.32. The van der Waals surface area contributed by atoms with Gasteiger partial charge in [0.1, 0.15) is 0 Å². The lowest BCUT2D eigenvalue weighted by Crippen LogP contribution is -2.29. The van der Waals surface area contributed by atoms with Crippen molar-refractivity contribution in [2.75, 3.05) is 0 Å². The van der Waals surface area contributed by atoms with E-state index in [4.69, 9.17) is 0 Å². The van der Waals surface area contributed by atoms with Gasteiger partial charge in [-0.3, -0.25) is 4.68 Å². The van der Waals surface area contributed by atoms with Crippen molar-refractivity contribution in [1.29, 1.82) is 0 Å². The fourth-order valence-electron chi connectivity index (χ4n) is 2.74. The SMILES string of the molecule is Cc1ccc2c(c1)CCC2NS(=O)(=O)c1ccnn1C. The van der Waals surface area contributed by atoms with Gasteiger partial charge in [0.15, 0.2) is 5.03 Å². The molecule has 0 radical (unpaired) electrons. The van der Waals surface area contributed by atoms with Crippen molar-refractivity contribution < 1.29 is 8.42 Å². The minimum absolute atomic E-state index is 0.148. The van der Waals surface area contributed by atoms with Crippen molar-refractivity contribution in [3.8, 4) is 0 Å². The molecular formula is C14H17N3O2S. The first kappa shape index (κ1) is 13.3. The van der Waals surface area contributed by atoms with Crippen LogP contribution >= 0.6 is 0 Å². The van der Waals surface area contributed by atoms with Crippen molar-refractivity contribution in [3.05, 3.63) is 47.2 Å². The molecule has 106 valence electrons. The third kappa shape index (κ3) is 2.25. The first-order chi connectivity index (χ1) is 9.47. The Bertz CT molecular complexity index is 750. The number of rotatable bonds is 3. The van der Waals surface area contributed by atoms with Gasteiger partial charge in [-0.15, -0.1) is 0 Å². The Hall–Kier alpha value is -1.66. The lowest BCUT2D eigenvalue weighted by molar-refractivity contribution is 0.540. The highest BCUT2D eigenvalue weighted by Gasteiger charge is 2.28. The third-order valence-electron chi connectivity index (χ3n) is 3.72. The second-order valence-electron chi connectivity index (χ2n) is 5.21. The number of fused-ring (bicyclic) bond motifs is 1. The summed E-state index contributed by atoms with van der Waals surface area (Å²) in [6, 6.07) is 7.54. The highest BCUT2D eigenvalue weighted by molar-refractivity contribution is 7.89. The van der Waals surface area contributed by atoms with Crippen molar-refractivity contribution in [2.45, 2.75) is 30.8 Å². The molecule has 1 aromatic heterocycles. The lowest BCUT2D eigenvalue weighted by atomic mass is 10.1. The predicted octanol–water partition coefficient (Wildman–Crippen LogP) is 1.69. The Morgan fingerprint density at radius 1 is 1.35 bits per heavy atom. The molecule has 1 unspecified atom stereocenters. The van der Waals surface area contributed by atoms with E-state index in [0.29, 0.717) is 0 Å². The van der Waals surface area contributed by atoms with Crippen molar-refractivity contribution >= 4 is 10.0 Å². The highest BCUT2D eigenvalue weighted by atomic mass is 32.2. The normalized spacial score (nSPS) is 18.2. The van der Waals surface area contributed by atoms with Crippen molar-refractivity contribution in [1.82, 2.24) is 14.5 Å². The van der Waals surface area contributed by atoms with Gasteiger partial charge in [0.25, 0.3) is 10.0 Å². The number of aromatic nitrogens is 2. The number of benzene rings is 1. The maximum atomic E-state index is 12.4. The molecule has 1 heterocycles. The molecule has 0 amide bonds. The molecule has 1 aliphatic carbocycles. The van der Waals surface area contributed by atoms with Crippen LogP contribution in [-0.2, 0) is 23.5 Å². The summed E-state index contributed by atoms with van der Waals surface area (Å²) in [6.45, 7) is 2.05. The maximum absolute atomic E-state index is 12.4. The van der Waals surface area contributed by atoms with E-state index in [2.05, 4.69) is 15.9 Å². The molecule has 6 heteroatoms. The third-order valence-corrected chi connectivity index (χ3v) is 5.27. The first-order valence-electron chi connectivity index (χ1n) is 6.57. The fourth-order valence-corrected chi connectivity index (χ4v) is 4.12. The van der Waals surface area contributed by atoms with Crippen LogP contribution in [0.5, 0.6) is 0 Å².